The van der Waals surface area contributed by atoms with E-state index in [0.717, 1.165) is 0 Å². The van der Waals surface area contributed by atoms with Crippen LogP contribution in [0, 0.1) is 5.41 Å². The lowest BCUT2D eigenvalue weighted by Gasteiger charge is -2.37. The van der Waals surface area contributed by atoms with Crippen molar-refractivity contribution >= 4 is 33.0 Å². The number of thiocarbonyl (C=S) groups is 1. The maximum atomic E-state index is 12.6. The van der Waals surface area contributed by atoms with Crippen LogP contribution in [0.1, 0.15) is 26.2 Å². The highest BCUT2D eigenvalue weighted by Gasteiger charge is 2.47. The fraction of sp³-hybridized carbons (Fsp3) is 0.833. The van der Waals surface area contributed by atoms with Crippen LogP contribution in [-0.2, 0) is 19.4 Å². The van der Waals surface area contributed by atoms with Crippen molar-refractivity contribution in [3.8, 4) is 0 Å². The zero-order valence-electron chi connectivity index (χ0n) is 11.5. The molecule has 0 saturated carbocycles. The van der Waals surface area contributed by atoms with Gasteiger partial charge in [-0.1, -0.05) is 12.2 Å². The van der Waals surface area contributed by atoms with Crippen molar-refractivity contribution in [2.24, 2.45) is 11.1 Å². The number of carbonyl (C=O) groups is 1. The molecule has 0 aliphatic carbocycles. The first kappa shape index (κ1) is 15.7. The summed E-state index contributed by atoms with van der Waals surface area (Å²) in [6, 6.07) is 0. The molecule has 2 rings (SSSR count). The molecule has 0 radical (unpaired) electrons. The Kier molecular flexibility index (Phi) is 4.10. The van der Waals surface area contributed by atoms with Gasteiger partial charge in [-0.15, -0.1) is 0 Å². The zero-order valence-corrected chi connectivity index (χ0v) is 13.1. The van der Waals surface area contributed by atoms with Crippen LogP contribution < -0.4 is 11.1 Å². The normalized spacial score (nSPS) is 31.6. The van der Waals surface area contributed by atoms with E-state index in [-0.39, 0.29) is 22.4 Å². The van der Waals surface area contributed by atoms with Gasteiger partial charge >= 0.3 is 0 Å². The molecule has 2 heterocycles. The lowest BCUT2D eigenvalue weighted by Crippen LogP contribution is -2.58. The Labute approximate surface area is 124 Å². The van der Waals surface area contributed by atoms with Gasteiger partial charge in [0.25, 0.3) is 0 Å². The van der Waals surface area contributed by atoms with Gasteiger partial charge in [-0.25, -0.2) is 8.42 Å². The van der Waals surface area contributed by atoms with Crippen LogP contribution in [0.3, 0.4) is 0 Å². The lowest BCUT2D eigenvalue weighted by atomic mass is 9.78. The number of carbonyl (C=O) groups excluding carboxylic acids is 1. The van der Waals surface area contributed by atoms with Crippen LogP contribution in [0.15, 0.2) is 0 Å². The number of nitrogens with one attached hydrogen (secondary N) is 1. The van der Waals surface area contributed by atoms with Gasteiger partial charge < -0.3 is 15.8 Å². The van der Waals surface area contributed by atoms with Gasteiger partial charge in [-0.2, -0.15) is 0 Å². The molecule has 6 nitrogen and oxygen atoms in total. The molecule has 0 aromatic rings. The highest BCUT2D eigenvalue weighted by Crippen LogP contribution is 2.33. The van der Waals surface area contributed by atoms with E-state index in [0.29, 0.717) is 32.5 Å². The van der Waals surface area contributed by atoms with Gasteiger partial charge in [0.2, 0.25) is 5.91 Å². The molecular weight excluding hydrogens is 300 g/mol. The average Bonchev–Trinajstić information content (AvgIpc) is 2.63. The van der Waals surface area contributed by atoms with Crippen molar-refractivity contribution in [2.75, 3.05) is 24.7 Å². The van der Waals surface area contributed by atoms with Crippen molar-refractivity contribution in [1.82, 2.24) is 5.32 Å². The minimum absolute atomic E-state index is 0.0321. The van der Waals surface area contributed by atoms with Crippen LogP contribution in [0.5, 0.6) is 0 Å². The number of rotatable bonds is 3. The highest BCUT2D eigenvalue weighted by molar-refractivity contribution is 7.91. The summed E-state index contributed by atoms with van der Waals surface area (Å²) in [5.41, 5.74) is 4.13. The number of amides is 1. The van der Waals surface area contributed by atoms with E-state index >= 15 is 0 Å². The van der Waals surface area contributed by atoms with Crippen LogP contribution in [0.25, 0.3) is 0 Å². The zero-order chi connectivity index (χ0) is 15.0. The Morgan fingerprint density at radius 2 is 1.90 bits per heavy atom. The van der Waals surface area contributed by atoms with Gasteiger partial charge in [-0.3, -0.25) is 4.79 Å². The molecule has 8 heteroatoms. The predicted octanol–water partition coefficient (Wildman–Crippen LogP) is -0.237. The molecule has 3 N–H and O–H groups in total. The highest BCUT2D eigenvalue weighted by atomic mass is 32.2. The van der Waals surface area contributed by atoms with Crippen LogP contribution >= 0.6 is 12.2 Å². The molecule has 2 saturated heterocycles. The molecular formula is C12H20N2O4S2. The molecule has 1 unspecified atom stereocenters. The van der Waals surface area contributed by atoms with Crippen molar-refractivity contribution in [1.29, 1.82) is 0 Å². The summed E-state index contributed by atoms with van der Waals surface area (Å²) >= 11 is 5.07. The summed E-state index contributed by atoms with van der Waals surface area (Å²) in [6.07, 6.45) is 1.30. The van der Waals surface area contributed by atoms with E-state index in [9.17, 15) is 13.2 Å². The number of ether oxygens (including phenoxy) is 1. The summed E-state index contributed by atoms with van der Waals surface area (Å²) in [5.74, 6) is -0.198. The van der Waals surface area contributed by atoms with Gasteiger partial charge in [0.1, 0.15) is 5.41 Å². The quantitative estimate of drug-likeness (QED) is 0.697. The van der Waals surface area contributed by atoms with Crippen molar-refractivity contribution in [3.63, 3.8) is 0 Å². The third kappa shape index (κ3) is 2.96. The molecule has 2 aliphatic rings. The monoisotopic (exact) mass is 320 g/mol. The first-order chi connectivity index (χ1) is 9.19. The van der Waals surface area contributed by atoms with Crippen molar-refractivity contribution in [3.05, 3.63) is 0 Å². The lowest BCUT2D eigenvalue weighted by molar-refractivity contribution is -0.133. The van der Waals surface area contributed by atoms with Gasteiger partial charge in [-0.05, 0) is 26.2 Å². The summed E-state index contributed by atoms with van der Waals surface area (Å²) in [7, 11) is -3.07. The molecule has 1 amide bonds. The summed E-state index contributed by atoms with van der Waals surface area (Å²) in [5, 5.41) is 2.86. The first-order valence-corrected chi connectivity index (χ1v) is 8.83. The third-order valence-corrected chi connectivity index (χ3v) is 6.47. The van der Waals surface area contributed by atoms with Gasteiger partial charge in [0, 0.05) is 13.2 Å². The SMILES string of the molecule is CC1(NC(=O)C2(C(N)=S)CCOCC2)CCS(=O)(=O)C1. The second kappa shape index (κ2) is 5.23. The van der Waals surface area contributed by atoms with E-state index in [1.807, 2.05) is 0 Å². The molecule has 1 atom stereocenters. The van der Waals surface area contributed by atoms with Crippen molar-refractivity contribution < 1.29 is 17.9 Å². The van der Waals surface area contributed by atoms with E-state index in [1.54, 1.807) is 6.92 Å². The summed E-state index contributed by atoms with van der Waals surface area (Å²) in [4.78, 5) is 12.8. The molecule has 20 heavy (non-hydrogen) atoms. The van der Waals surface area contributed by atoms with E-state index in [4.69, 9.17) is 22.7 Å². The number of hydrogen-bond acceptors (Lipinski definition) is 5. The van der Waals surface area contributed by atoms with Crippen LogP contribution in [0.2, 0.25) is 0 Å². The summed E-state index contributed by atoms with van der Waals surface area (Å²) in [6.45, 7) is 2.61. The average molecular weight is 320 g/mol. The standard InChI is InChI=1S/C12H20N2O4S2/c1-11(4-7-20(16,17)8-11)14-10(15)12(9(13)19)2-5-18-6-3-12/h2-8H2,1H3,(H2,13,19)(H,14,15). The number of nitrogens with two attached hydrogens (primary N) is 1. The van der Waals surface area contributed by atoms with Gasteiger partial charge in [0.05, 0.1) is 22.0 Å². The maximum Gasteiger partial charge on any atom is 0.233 e. The Morgan fingerprint density at radius 3 is 2.35 bits per heavy atom. The van der Waals surface area contributed by atoms with Crippen molar-refractivity contribution in [2.45, 2.75) is 31.7 Å². The predicted molar refractivity (Wildman–Crippen MR) is 79.1 cm³/mol. The molecule has 114 valence electrons. The van der Waals surface area contributed by atoms with E-state index in [1.165, 1.54) is 0 Å². The Hall–Kier alpha value is -0.730. The third-order valence-electron chi connectivity index (χ3n) is 4.17. The second-order valence-corrected chi connectivity index (χ2v) is 8.54. The fourth-order valence-corrected chi connectivity index (χ4v) is 5.20. The first-order valence-electron chi connectivity index (χ1n) is 6.60. The van der Waals surface area contributed by atoms with E-state index < -0.39 is 20.8 Å². The molecule has 0 aromatic heterocycles. The summed E-state index contributed by atoms with van der Waals surface area (Å²) < 4.78 is 28.5. The molecule has 0 bridgehead atoms. The molecule has 2 fully saturated rings. The number of sulfone groups is 1. The Morgan fingerprint density at radius 1 is 1.30 bits per heavy atom. The smallest absolute Gasteiger partial charge is 0.233 e. The topological polar surface area (TPSA) is 98.5 Å². The van der Waals surface area contributed by atoms with Gasteiger partial charge in [0.15, 0.2) is 9.84 Å². The number of hydrogen-bond donors (Lipinski definition) is 2. The second-order valence-electron chi connectivity index (χ2n) is 5.92. The Bertz CT molecular complexity index is 526. The van der Waals surface area contributed by atoms with Crippen LogP contribution in [0.4, 0.5) is 0 Å². The van der Waals surface area contributed by atoms with E-state index in [2.05, 4.69) is 5.32 Å². The van der Waals surface area contributed by atoms with Crippen LogP contribution in [-0.4, -0.2) is 49.6 Å². The minimum atomic E-state index is -3.07. The molecule has 2 aliphatic heterocycles. The minimum Gasteiger partial charge on any atom is -0.392 e. The Balaban J connectivity index is 2.16. The maximum absolute atomic E-state index is 12.6. The largest absolute Gasteiger partial charge is 0.392 e. The molecule has 0 spiro atoms. The fourth-order valence-electron chi connectivity index (χ4n) is 2.81. The molecule has 0 aromatic carbocycles.